The SMILES string of the molecule is CC(C)(C)NCc1ccnc(NCCCC(F)(F)F)c1F. The zero-order valence-corrected chi connectivity index (χ0v) is 12.4. The van der Waals surface area contributed by atoms with E-state index in [-0.39, 0.29) is 24.3 Å². The highest BCUT2D eigenvalue weighted by Crippen LogP contribution is 2.21. The summed E-state index contributed by atoms with van der Waals surface area (Å²) in [7, 11) is 0. The van der Waals surface area contributed by atoms with Crippen molar-refractivity contribution in [1.29, 1.82) is 0 Å². The second-order valence-electron chi connectivity index (χ2n) is 5.88. The number of rotatable bonds is 6. The quantitative estimate of drug-likeness (QED) is 0.619. The Bertz CT molecular complexity index is 453. The molecule has 21 heavy (non-hydrogen) atoms. The van der Waals surface area contributed by atoms with Crippen molar-refractivity contribution in [3.05, 3.63) is 23.6 Å². The van der Waals surface area contributed by atoms with Crippen LogP contribution in [-0.2, 0) is 6.54 Å². The van der Waals surface area contributed by atoms with E-state index in [4.69, 9.17) is 0 Å². The molecule has 0 saturated heterocycles. The second-order valence-corrected chi connectivity index (χ2v) is 5.88. The van der Waals surface area contributed by atoms with Crippen molar-refractivity contribution in [3.63, 3.8) is 0 Å². The van der Waals surface area contributed by atoms with Crippen molar-refractivity contribution in [2.45, 2.75) is 51.9 Å². The van der Waals surface area contributed by atoms with Gasteiger partial charge < -0.3 is 10.6 Å². The molecule has 0 radical (unpaired) electrons. The number of aromatic nitrogens is 1. The van der Waals surface area contributed by atoms with Crippen molar-refractivity contribution < 1.29 is 17.6 Å². The van der Waals surface area contributed by atoms with Gasteiger partial charge in [-0.3, -0.25) is 0 Å². The summed E-state index contributed by atoms with van der Waals surface area (Å²) in [5.41, 5.74) is 0.272. The van der Waals surface area contributed by atoms with Gasteiger partial charge in [-0.1, -0.05) is 0 Å². The van der Waals surface area contributed by atoms with E-state index in [2.05, 4.69) is 15.6 Å². The molecule has 1 aromatic rings. The molecule has 2 N–H and O–H groups in total. The molecule has 0 unspecified atom stereocenters. The van der Waals surface area contributed by atoms with Crippen LogP contribution in [0.4, 0.5) is 23.4 Å². The van der Waals surface area contributed by atoms with Crippen molar-refractivity contribution in [2.24, 2.45) is 0 Å². The summed E-state index contributed by atoms with van der Waals surface area (Å²) in [5.74, 6) is -0.536. The molecular weight excluding hydrogens is 286 g/mol. The Morgan fingerprint density at radius 1 is 1.19 bits per heavy atom. The molecule has 0 aliphatic carbocycles. The molecule has 0 aromatic carbocycles. The number of pyridine rings is 1. The van der Waals surface area contributed by atoms with Crippen LogP contribution in [0.25, 0.3) is 0 Å². The van der Waals surface area contributed by atoms with Crippen LogP contribution >= 0.6 is 0 Å². The minimum absolute atomic E-state index is 0.00890. The fourth-order valence-corrected chi connectivity index (χ4v) is 1.60. The number of hydrogen-bond donors (Lipinski definition) is 2. The van der Waals surface area contributed by atoms with Crippen molar-refractivity contribution >= 4 is 5.82 Å². The van der Waals surface area contributed by atoms with Crippen LogP contribution in [0.3, 0.4) is 0 Å². The van der Waals surface area contributed by atoms with Crippen LogP contribution in [-0.4, -0.2) is 23.2 Å². The average molecular weight is 307 g/mol. The molecule has 3 nitrogen and oxygen atoms in total. The predicted molar refractivity (Wildman–Crippen MR) is 74.6 cm³/mol. The van der Waals surface area contributed by atoms with E-state index in [1.807, 2.05) is 20.8 Å². The second kappa shape index (κ2) is 7.06. The minimum atomic E-state index is -4.19. The lowest BCUT2D eigenvalue weighted by Crippen LogP contribution is -2.35. The largest absolute Gasteiger partial charge is 0.389 e. The standard InChI is InChI=1S/C14H21F4N3/c1-13(2,3)21-9-10-5-8-20-12(11(10)15)19-7-4-6-14(16,17)18/h5,8,21H,4,6-7,9H2,1-3H3,(H,19,20). The van der Waals surface area contributed by atoms with Crippen molar-refractivity contribution in [1.82, 2.24) is 10.3 Å². The van der Waals surface area contributed by atoms with Gasteiger partial charge in [0.15, 0.2) is 11.6 Å². The Labute approximate surface area is 122 Å². The third-order valence-electron chi connectivity index (χ3n) is 2.71. The maximum absolute atomic E-state index is 14.1. The number of nitrogens with one attached hydrogen (secondary N) is 2. The van der Waals surface area contributed by atoms with Crippen LogP contribution in [0.5, 0.6) is 0 Å². The number of halogens is 4. The van der Waals surface area contributed by atoms with E-state index in [1.165, 1.54) is 6.20 Å². The van der Waals surface area contributed by atoms with Crippen LogP contribution in [0.1, 0.15) is 39.2 Å². The lowest BCUT2D eigenvalue weighted by Gasteiger charge is -2.21. The van der Waals surface area contributed by atoms with Crippen LogP contribution in [0.2, 0.25) is 0 Å². The molecule has 7 heteroatoms. The normalized spacial score (nSPS) is 12.5. The van der Waals surface area contributed by atoms with Crippen LogP contribution in [0.15, 0.2) is 12.3 Å². The van der Waals surface area contributed by atoms with E-state index in [1.54, 1.807) is 6.07 Å². The Morgan fingerprint density at radius 3 is 2.43 bits per heavy atom. The number of hydrogen-bond acceptors (Lipinski definition) is 3. The molecule has 1 rings (SSSR count). The topological polar surface area (TPSA) is 37.0 Å². The van der Waals surface area contributed by atoms with Crippen LogP contribution in [0, 0.1) is 5.82 Å². The lowest BCUT2D eigenvalue weighted by molar-refractivity contribution is -0.134. The monoisotopic (exact) mass is 307 g/mol. The number of anilines is 1. The lowest BCUT2D eigenvalue weighted by atomic mass is 10.1. The van der Waals surface area contributed by atoms with Gasteiger partial charge in [-0.05, 0) is 33.3 Å². The first-order valence-corrected chi connectivity index (χ1v) is 6.77. The fourth-order valence-electron chi connectivity index (χ4n) is 1.60. The molecule has 0 amide bonds. The average Bonchev–Trinajstić information content (AvgIpc) is 2.32. The molecule has 0 saturated carbocycles. The maximum atomic E-state index is 14.1. The minimum Gasteiger partial charge on any atom is -0.368 e. The Hall–Kier alpha value is -1.37. The van der Waals surface area contributed by atoms with Crippen LogP contribution < -0.4 is 10.6 Å². The fraction of sp³-hybridized carbons (Fsp3) is 0.643. The Balaban J connectivity index is 2.56. The van der Waals surface area contributed by atoms with Gasteiger partial charge in [-0.25, -0.2) is 9.37 Å². The molecule has 120 valence electrons. The summed E-state index contributed by atoms with van der Waals surface area (Å²) in [6.07, 6.45) is -3.76. The molecule has 0 spiro atoms. The van der Waals surface area contributed by atoms with Gasteiger partial charge in [-0.2, -0.15) is 13.2 Å². The third-order valence-corrected chi connectivity index (χ3v) is 2.71. The van der Waals surface area contributed by atoms with Crippen molar-refractivity contribution in [3.8, 4) is 0 Å². The van der Waals surface area contributed by atoms with E-state index in [0.29, 0.717) is 12.1 Å². The molecule has 1 heterocycles. The number of alkyl halides is 3. The van der Waals surface area contributed by atoms with Gasteiger partial charge in [0.05, 0.1) is 0 Å². The highest BCUT2D eigenvalue weighted by Gasteiger charge is 2.26. The molecular formula is C14H21F4N3. The molecule has 0 aliphatic heterocycles. The molecule has 0 aliphatic rings. The first-order chi connectivity index (χ1) is 9.58. The molecule has 0 atom stereocenters. The predicted octanol–water partition coefficient (Wildman–Crippen LogP) is 3.86. The highest BCUT2D eigenvalue weighted by molar-refractivity contribution is 5.39. The Morgan fingerprint density at radius 2 is 1.86 bits per heavy atom. The maximum Gasteiger partial charge on any atom is 0.389 e. The summed E-state index contributed by atoms with van der Waals surface area (Å²) in [6.45, 7) is 6.24. The zero-order valence-electron chi connectivity index (χ0n) is 12.4. The summed E-state index contributed by atoms with van der Waals surface area (Å²) in [4.78, 5) is 3.82. The smallest absolute Gasteiger partial charge is 0.368 e. The first kappa shape index (κ1) is 17.7. The first-order valence-electron chi connectivity index (χ1n) is 6.77. The van der Waals surface area contributed by atoms with E-state index < -0.39 is 18.4 Å². The van der Waals surface area contributed by atoms with E-state index in [0.717, 1.165) is 0 Å². The summed E-state index contributed by atoms with van der Waals surface area (Å²) >= 11 is 0. The zero-order chi connectivity index (χ0) is 16.1. The van der Waals surface area contributed by atoms with Crippen molar-refractivity contribution in [2.75, 3.05) is 11.9 Å². The molecule has 0 bridgehead atoms. The molecule has 0 fully saturated rings. The molecule has 1 aromatic heterocycles. The van der Waals surface area contributed by atoms with Gasteiger partial charge in [0.2, 0.25) is 0 Å². The van der Waals surface area contributed by atoms with E-state index >= 15 is 0 Å². The Kier molecular flexibility index (Phi) is 5.95. The highest BCUT2D eigenvalue weighted by atomic mass is 19.4. The third kappa shape index (κ3) is 7.27. The summed E-state index contributed by atoms with van der Waals surface area (Å²) in [5, 5.41) is 5.76. The van der Waals surface area contributed by atoms with Gasteiger partial charge in [0, 0.05) is 36.8 Å². The van der Waals surface area contributed by atoms with Gasteiger partial charge >= 0.3 is 6.18 Å². The van der Waals surface area contributed by atoms with E-state index in [9.17, 15) is 17.6 Å². The van der Waals surface area contributed by atoms with Gasteiger partial charge in [0.1, 0.15) is 0 Å². The van der Waals surface area contributed by atoms with Gasteiger partial charge in [-0.15, -0.1) is 0 Å². The van der Waals surface area contributed by atoms with Gasteiger partial charge in [0.25, 0.3) is 0 Å². The summed E-state index contributed by atoms with van der Waals surface area (Å²) in [6, 6.07) is 1.55. The summed E-state index contributed by atoms with van der Waals surface area (Å²) < 4.78 is 50.2. The number of nitrogens with zero attached hydrogens (tertiary/aromatic N) is 1.